The molecule has 0 amide bonds. The normalized spacial score (nSPS) is 17.1. The molecule has 2 nitrogen and oxygen atoms in total. The summed E-state index contributed by atoms with van der Waals surface area (Å²) >= 11 is 2.56. The van der Waals surface area contributed by atoms with Crippen LogP contribution in [0, 0.1) is 23.7 Å². The molecule has 0 saturated carbocycles. The molecule has 5 unspecified atom stereocenters. The average Bonchev–Trinajstić information content (AvgIpc) is 2.61. The van der Waals surface area contributed by atoms with Gasteiger partial charge in [-0.2, -0.15) is 0 Å². The molecule has 0 aliphatic rings. The molecule has 0 saturated heterocycles. The Balaban J connectivity index is 3.53. The zero-order valence-corrected chi connectivity index (χ0v) is 22.8. The number of rotatable bonds is 21. The zero-order valence-electron chi connectivity index (χ0n) is 20.7. The van der Waals surface area contributed by atoms with E-state index in [-0.39, 0.29) is 0 Å². The molecule has 0 aliphatic heterocycles. The molecule has 0 rings (SSSR count). The van der Waals surface area contributed by atoms with Gasteiger partial charge in [0.15, 0.2) is 0 Å². The number of halogens is 1. The van der Waals surface area contributed by atoms with Gasteiger partial charge in [-0.05, 0) is 68.6 Å². The summed E-state index contributed by atoms with van der Waals surface area (Å²) in [5.74, 6) is 3.36. The largest absolute Gasteiger partial charge is 0.355 e. The van der Waals surface area contributed by atoms with Crippen LogP contribution < -0.4 is 0 Å². The Morgan fingerprint density at radius 1 is 0.586 bits per heavy atom. The van der Waals surface area contributed by atoms with Crippen molar-refractivity contribution in [2.75, 3.05) is 20.0 Å². The summed E-state index contributed by atoms with van der Waals surface area (Å²) in [4.78, 5) is 0. The molecule has 0 radical (unpaired) electrons. The summed E-state index contributed by atoms with van der Waals surface area (Å²) in [5, 5.41) is 0. The van der Waals surface area contributed by atoms with Crippen LogP contribution in [0.4, 0.5) is 0 Å². The minimum atomic E-state index is 0.477. The molecule has 3 heteroatoms. The van der Waals surface area contributed by atoms with E-state index in [1.165, 1.54) is 70.6 Å². The maximum atomic E-state index is 5.65. The van der Waals surface area contributed by atoms with Crippen LogP contribution in [-0.2, 0) is 9.47 Å². The van der Waals surface area contributed by atoms with E-state index in [1.807, 2.05) is 0 Å². The number of unbranched alkanes of at least 4 members (excludes halogenated alkanes) is 5. The fourth-order valence-corrected chi connectivity index (χ4v) is 5.58. The van der Waals surface area contributed by atoms with E-state index in [0.717, 1.165) is 47.2 Å². The van der Waals surface area contributed by atoms with Gasteiger partial charge < -0.3 is 9.47 Å². The molecule has 176 valence electrons. The second-order valence-corrected chi connectivity index (χ2v) is 12.1. The first kappa shape index (κ1) is 29.7. The topological polar surface area (TPSA) is 18.5 Å². The predicted molar refractivity (Wildman–Crippen MR) is 138 cm³/mol. The predicted octanol–water partition coefficient (Wildman–Crippen LogP) is 9.05. The molecular weight excluding hydrogens is 471 g/mol. The molecule has 0 N–H and O–H groups in total. The second-order valence-electron chi connectivity index (χ2n) is 9.99. The van der Waals surface area contributed by atoms with Crippen molar-refractivity contribution in [3.63, 3.8) is 0 Å². The third kappa shape index (κ3) is 21.7. The molecule has 0 aromatic heterocycles. The average molecular weight is 525 g/mol. The number of alkyl halides is 1. The fraction of sp³-hybridized carbons (Fsp3) is 1.00. The van der Waals surface area contributed by atoms with Gasteiger partial charge in [0, 0.05) is 17.1 Å². The van der Waals surface area contributed by atoms with Crippen LogP contribution in [0.2, 0.25) is 0 Å². The maximum Gasteiger partial charge on any atom is 0.146 e. The van der Waals surface area contributed by atoms with Crippen molar-refractivity contribution in [1.29, 1.82) is 0 Å². The molecular formula is C26H53IO2. The van der Waals surface area contributed by atoms with E-state index in [2.05, 4.69) is 64.1 Å². The zero-order chi connectivity index (χ0) is 21.9. The Morgan fingerprint density at radius 3 is 1.66 bits per heavy atom. The monoisotopic (exact) mass is 524 g/mol. The summed E-state index contributed by atoms with van der Waals surface area (Å²) < 4.78 is 12.0. The lowest BCUT2D eigenvalue weighted by Crippen LogP contribution is -2.12. The van der Waals surface area contributed by atoms with Gasteiger partial charge in [0.1, 0.15) is 6.79 Å². The van der Waals surface area contributed by atoms with Gasteiger partial charge in [-0.25, -0.2) is 0 Å². The van der Waals surface area contributed by atoms with Gasteiger partial charge >= 0.3 is 0 Å². The van der Waals surface area contributed by atoms with Crippen LogP contribution in [0.1, 0.15) is 119 Å². The Bertz CT molecular complexity index is 335. The second kappa shape index (κ2) is 20.5. The first-order valence-corrected chi connectivity index (χ1v) is 13.9. The van der Waals surface area contributed by atoms with E-state index in [1.54, 1.807) is 0 Å². The molecule has 0 heterocycles. The third-order valence-electron chi connectivity index (χ3n) is 5.94. The minimum absolute atomic E-state index is 0.477. The molecule has 29 heavy (non-hydrogen) atoms. The molecule has 0 spiro atoms. The van der Waals surface area contributed by atoms with Gasteiger partial charge in [0.05, 0.1) is 0 Å². The highest BCUT2D eigenvalue weighted by molar-refractivity contribution is 14.1. The summed E-state index contributed by atoms with van der Waals surface area (Å²) in [5.41, 5.74) is 0. The SMILES string of the molecule is CCCCCCCCOCOCCCC(C)CC(C)CC(C)CC(C)CC(C)I. The molecule has 0 bridgehead atoms. The van der Waals surface area contributed by atoms with Crippen LogP contribution in [0.25, 0.3) is 0 Å². The molecule has 0 fully saturated rings. The fourth-order valence-electron chi connectivity index (χ4n) is 4.72. The van der Waals surface area contributed by atoms with Crippen molar-refractivity contribution in [3.05, 3.63) is 0 Å². The lowest BCUT2D eigenvalue weighted by Gasteiger charge is -2.23. The first-order chi connectivity index (χ1) is 13.8. The van der Waals surface area contributed by atoms with E-state index >= 15 is 0 Å². The standard InChI is InChI=1S/C26H53IO2/c1-7-8-9-10-11-12-15-28-21-29-16-13-14-22(2)17-23(3)18-24(4)19-25(5)20-26(6)27/h22-26H,7-21H2,1-6H3. The molecule has 0 aromatic carbocycles. The molecule has 0 aromatic rings. The highest BCUT2D eigenvalue weighted by atomic mass is 127. The molecule has 0 aliphatic carbocycles. The minimum Gasteiger partial charge on any atom is -0.355 e. The van der Waals surface area contributed by atoms with Crippen LogP contribution >= 0.6 is 22.6 Å². The van der Waals surface area contributed by atoms with Crippen molar-refractivity contribution in [1.82, 2.24) is 0 Å². The Labute approximate surface area is 197 Å². The Morgan fingerprint density at radius 2 is 1.07 bits per heavy atom. The van der Waals surface area contributed by atoms with Gasteiger partial charge in [-0.15, -0.1) is 0 Å². The molecule has 5 atom stereocenters. The number of ether oxygens (including phenoxy) is 2. The summed E-state index contributed by atoms with van der Waals surface area (Å²) in [6.07, 6.45) is 15.8. The van der Waals surface area contributed by atoms with Crippen molar-refractivity contribution >= 4 is 22.6 Å². The van der Waals surface area contributed by atoms with Gasteiger partial charge in [0.25, 0.3) is 0 Å². The lowest BCUT2D eigenvalue weighted by atomic mass is 9.84. The Kier molecular flexibility index (Phi) is 21.0. The van der Waals surface area contributed by atoms with Crippen LogP contribution in [-0.4, -0.2) is 23.9 Å². The van der Waals surface area contributed by atoms with Crippen LogP contribution in [0.5, 0.6) is 0 Å². The highest BCUT2D eigenvalue weighted by Crippen LogP contribution is 2.27. The van der Waals surface area contributed by atoms with E-state index in [4.69, 9.17) is 9.47 Å². The van der Waals surface area contributed by atoms with E-state index in [9.17, 15) is 0 Å². The van der Waals surface area contributed by atoms with Gasteiger partial charge in [-0.1, -0.05) is 96.2 Å². The van der Waals surface area contributed by atoms with E-state index in [0.29, 0.717) is 6.79 Å². The summed E-state index contributed by atoms with van der Waals surface area (Å²) in [6.45, 7) is 16.5. The van der Waals surface area contributed by atoms with Crippen LogP contribution in [0.3, 0.4) is 0 Å². The quantitative estimate of drug-likeness (QED) is 0.0645. The first-order valence-electron chi connectivity index (χ1n) is 12.6. The van der Waals surface area contributed by atoms with Crippen molar-refractivity contribution < 1.29 is 9.47 Å². The Hall–Kier alpha value is 0.650. The lowest BCUT2D eigenvalue weighted by molar-refractivity contribution is -0.0561. The van der Waals surface area contributed by atoms with Gasteiger partial charge in [0.2, 0.25) is 0 Å². The summed E-state index contributed by atoms with van der Waals surface area (Å²) in [6, 6.07) is 0. The van der Waals surface area contributed by atoms with Crippen molar-refractivity contribution in [2.45, 2.75) is 123 Å². The smallest absolute Gasteiger partial charge is 0.146 e. The van der Waals surface area contributed by atoms with Gasteiger partial charge in [-0.3, -0.25) is 0 Å². The third-order valence-corrected chi connectivity index (χ3v) is 6.44. The number of hydrogen-bond acceptors (Lipinski definition) is 2. The number of hydrogen-bond donors (Lipinski definition) is 0. The van der Waals surface area contributed by atoms with Crippen LogP contribution in [0.15, 0.2) is 0 Å². The van der Waals surface area contributed by atoms with Crippen molar-refractivity contribution in [2.24, 2.45) is 23.7 Å². The van der Waals surface area contributed by atoms with E-state index < -0.39 is 0 Å². The highest BCUT2D eigenvalue weighted by Gasteiger charge is 2.15. The van der Waals surface area contributed by atoms with Crippen molar-refractivity contribution in [3.8, 4) is 0 Å². The summed E-state index contributed by atoms with van der Waals surface area (Å²) in [7, 11) is 0. The maximum absolute atomic E-state index is 5.65.